The van der Waals surface area contributed by atoms with Crippen LogP contribution in [0, 0.1) is 0 Å². The maximum Gasteiger partial charge on any atom is 0.356 e. The van der Waals surface area contributed by atoms with E-state index in [0.29, 0.717) is 5.57 Å². The number of fused-ring (bicyclic) bond motifs is 1. The van der Waals surface area contributed by atoms with Crippen molar-refractivity contribution in [1.29, 1.82) is 0 Å². The van der Waals surface area contributed by atoms with Crippen LogP contribution < -0.4 is 5.32 Å². The van der Waals surface area contributed by atoms with E-state index in [9.17, 15) is 18.6 Å². The third-order valence-electron chi connectivity index (χ3n) is 6.51. The molecule has 0 saturated carbocycles. The third kappa shape index (κ3) is 5.14. The molecule has 2 heterocycles. The topological polar surface area (TPSA) is 92.8 Å². The van der Waals surface area contributed by atoms with E-state index < -0.39 is 40.2 Å². The predicted octanol–water partition coefficient (Wildman–Crippen LogP) is 3.47. The lowest BCUT2D eigenvalue weighted by Crippen LogP contribution is -2.73. The minimum Gasteiger partial charge on any atom is -0.448 e. The molecular weight excluding hydrogens is 524 g/mol. The summed E-state index contributed by atoms with van der Waals surface area (Å²) in [6.07, 6.45) is -0.644. The van der Waals surface area contributed by atoms with E-state index in [4.69, 9.17) is 16.3 Å². The third-order valence-corrected chi connectivity index (χ3v) is 8.49. The van der Waals surface area contributed by atoms with Gasteiger partial charge in [0.15, 0.2) is 6.10 Å². The van der Waals surface area contributed by atoms with Gasteiger partial charge >= 0.3 is 5.97 Å². The van der Waals surface area contributed by atoms with Crippen LogP contribution in [-0.4, -0.2) is 49.9 Å². The Labute approximate surface area is 227 Å². The maximum atomic E-state index is 13.6. The van der Waals surface area contributed by atoms with E-state index in [-0.39, 0.29) is 29.7 Å². The van der Waals surface area contributed by atoms with Crippen LogP contribution in [0.1, 0.15) is 22.8 Å². The number of nitrogens with zero attached hydrogens (tertiary/aromatic N) is 1. The summed E-state index contributed by atoms with van der Waals surface area (Å²) in [7, 11) is -1.55. The van der Waals surface area contributed by atoms with Crippen LogP contribution in [0.15, 0.2) is 102 Å². The summed E-state index contributed by atoms with van der Waals surface area (Å²) in [4.78, 5) is 40.7. The zero-order chi connectivity index (χ0) is 26.6. The van der Waals surface area contributed by atoms with Crippen molar-refractivity contribution in [3.63, 3.8) is 0 Å². The number of halogens is 1. The molecule has 38 heavy (non-hydrogen) atoms. The number of β-lactam (4-membered cyclic amide) rings is 1. The van der Waals surface area contributed by atoms with Crippen molar-refractivity contribution in [3.8, 4) is 0 Å². The molecule has 3 atom stereocenters. The molecule has 3 aromatic carbocycles. The summed E-state index contributed by atoms with van der Waals surface area (Å²) in [5.74, 6) is -1.69. The lowest BCUT2D eigenvalue weighted by Gasteiger charge is -2.49. The number of esters is 1. The molecule has 9 heteroatoms. The number of alkyl halides is 1. The summed E-state index contributed by atoms with van der Waals surface area (Å²) in [6, 6.07) is 26.7. The summed E-state index contributed by atoms with van der Waals surface area (Å²) >= 11 is 6.14. The quantitative estimate of drug-likeness (QED) is 0.264. The number of ether oxygens (including phenoxy) is 1. The zero-order valence-corrected chi connectivity index (χ0v) is 21.9. The van der Waals surface area contributed by atoms with Gasteiger partial charge in [-0.2, -0.15) is 0 Å². The molecule has 2 aliphatic rings. The Kier molecular flexibility index (Phi) is 7.72. The Morgan fingerprint density at radius 3 is 2.05 bits per heavy atom. The molecule has 0 radical (unpaired) electrons. The van der Waals surface area contributed by atoms with Gasteiger partial charge in [0.05, 0.1) is 23.0 Å². The molecule has 1 saturated heterocycles. The molecule has 0 bridgehead atoms. The smallest absolute Gasteiger partial charge is 0.356 e. The van der Waals surface area contributed by atoms with Crippen LogP contribution in [-0.2, 0) is 36.3 Å². The molecule has 7 nitrogen and oxygen atoms in total. The van der Waals surface area contributed by atoms with E-state index in [0.717, 1.165) is 16.7 Å². The average molecular weight is 549 g/mol. The molecule has 5 rings (SSSR count). The van der Waals surface area contributed by atoms with Gasteiger partial charge in [0.1, 0.15) is 17.1 Å². The molecule has 1 N–H and O–H groups in total. The second-order valence-electron chi connectivity index (χ2n) is 9.02. The van der Waals surface area contributed by atoms with E-state index >= 15 is 0 Å². The van der Waals surface area contributed by atoms with Crippen molar-refractivity contribution in [2.45, 2.75) is 23.9 Å². The van der Waals surface area contributed by atoms with Gasteiger partial charge in [-0.15, -0.1) is 11.6 Å². The molecular formula is C29H25ClN2O5S. The van der Waals surface area contributed by atoms with Gasteiger partial charge in [-0.3, -0.25) is 18.7 Å². The number of hydrogen-bond acceptors (Lipinski definition) is 5. The highest BCUT2D eigenvalue weighted by atomic mass is 35.5. The summed E-state index contributed by atoms with van der Waals surface area (Å²) in [5, 5.41) is 1.83. The van der Waals surface area contributed by atoms with Crippen LogP contribution in [0.4, 0.5) is 0 Å². The van der Waals surface area contributed by atoms with Crippen LogP contribution >= 0.6 is 11.6 Å². The van der Waals surface area contributed by atoms with Gasteiger partial charge in [0.25, 0.3) is 5.91 Å². The van der Waals surface area contributed by atoms with Crippen molar-refractivity contribution in [3.05, 3.63) is 119 Å². The first kappa shape index (κ1) is 25.9. The van der Waals surface area contributed by atoms with Crippen molar-refractivity contribution in [1.82, 2.24) is 10.2 Å². The summed E-state index contributed by atoms with van der Waals surface area (Å²) in [6.45, 7) is 0. The molecule has 0 aromatic heterocycles. The Bertz CT molecular complexity index is 1360. The van der Waals surface area contributed by atoms with Crippen molar-refractivity contribution in [2.75, 3.05) is 11.6 Å². The molecule has 2 aliphatic heterocycles. The highest BCUT2D eigenvalue weighted by Crippen LogP contribution is 2.37. The number of carbonyl (C=O) groups excluding carboxylic acids is 3. The maximum absolute atomic E-state index is 13.6. The Balaban J connectivity index is 1.38. The summed E-state index contributed by atoms with van der Waals surface area (Å²) < 4.78 is 19.1. The SMILES string of the molecule is O=C(Cc1ccccc1)NC1C(=O)N2C(C(=O)OC(c3ccccc3)c3ccccc3)=C(CCl)CS(=O)[C@@H]12. The lowest BCUT2D eigenvalue weighted by molar-refractivity contribution is -0.154. The molecule has 2 unspecified atom stereocenters. The van der Waals surface area contributed by atoms with Crippen molar-refractivity contribution < 1.29 is 23.3 Å². The Morgan fingerprint density at radius 2 is 1.50 bits per heavy atom. The lowest BCUT2D eigenvalue weighted by atomic mass is 10.0. The van der Waals surface area contributed by atoms with Crippen molar-refractivity contribution in [2.24, 2.45) is 0 Å². The van der Waals surface area contributed by atoms with Crippen LogP contribution in [0.3, 0.4) is 0 Å². The molecule has 0 spiro atoms. The fourth-order valence-corrected chi connectivity index (χ4v) is 6.72. The van der Waals surface area contributed by atoms with E-state index in [1.54, 1.807) is 0 Å². The Hall–Kier alpha value is -3.75. The molecule has 194 valence electrons. The zero-order valence-electron chi connectivity index (χ0n) is 20.3. The van der Waals surface area contributed by atoms with Gasteiger partial charge in [-0.1, -0.05) is 91.0 Å². The normalized spacial score (nSPS) is 20.5. The van der Waals surface area contributed by atoms with Gasteiger partial charge in [-0.25, -0.2) is 4.79 Å². The highest BCUT2D eigenvalue weighted by Gasteiger charge is 2.57. The highest BCUT2D eigenvalue weighted by molar-refractivity contribution is 7.86. The minimum absolute atomic E-state index is 0.0000191. The molecule has 3 aromatic rings. The van der Waals surface area contributed by atoms with E-state index in [2.05, 4.69) is 5.32 Å². The molecule has 0 aliphatic carbocycles. The monoisotopic (exact) mass is 548 g/mol. The van der Waals surface area contributed by atoms with E-state index in [1.165, 1.54) is 4.90 Å². The first-order chi connectivity index (χ1) is 18.5. The van der Waals surface area contributed by atoms with Crippen LogP contribution in [0.2, 0.25) is 0 Å². The second-order valence-corrected chi connectivity index (χ2v) is 10.8. The average Bonchev–Trinajstić information content (AvgIpc) is 2.95. The standard InChI is InChI=1S/C29H25ClN2O5S/c30-17-22-18-38(36)28-24(31-23(33)16-19-10-4-1-5-11-19)27(34)32(28)25(22)29(35)37-26(20-12-6-2-7-13-20)21-14-8-3-9-15-21/h1-15,24,26,28H,16-18H2,(H,31,33)/t24?,28-,38?/m0/s1. The van der Waals surface area contributed by atoms with Crippen LogP contribution in [0.5, 0.6) is 0 Å². The van der Waals surface area contributed by atoms with Gasteiger partial charge < -0.3 is 10.1 Å². The largest absolute Gasteiger partial charge is 0.448 e. The number of nitrogens with one attached hydrogen (secondary N) is 1. The number of amides is 2. The number of carbonyl (C=O) groups is 3. The molecule has 2 amide bonds. The predicted molar refractivity (Wildman–Crippen MR) is 144 cm³/mol. The fraction of sp³-hybridized carbons (Fsp3) is 0.207. The molecule has 1 fully saturated rings. The number of hydrogen-bond donors (Lipinski definition) is 1. The van der Waals surface area contributed by atoms with E-state index in [1.807, 2.05) is 91.0 Å². The number of rotatable bonds is 8. The first-order valence-corrected chi connectivity index (χ1v) is 14.0. The first-order valence-electron chi connectivity index (χ1n) is 12.1. The second kappa shape index (κ2) is 11.3. The fourth-order valence-electron chi connectivity index (χ4n) is 4.70. The van der Waals surface area contributed by atoms with Crippen LogP contribution in [0.25, 0.3) is 0 Å². The number of benzene rings is 3. The van der Waals surface area contributed by atoms with Crippen molar-refractivity contribution >= 4 is 40.2 Å². The van der Waals surface area contributed by atoms with Gasteiger partial charge in [0, 0.05) is 5.88 Å². The van der Waals surface area contributed by atoms with Gasteiger partial charge in [0.2, 0.25) is 5.91 Å². The Morgan fingerprint density at radius 1 is 0.947 bits per heavy atom. The minimum atomic E-state index is -1.55. The summed E-state index contributed by atoms with van der Waals surface area (Å²) in [5.41, 5.74) is 2.68. The van der Waals surface area contributed by atoms with Gasteiger partial charge in [-0.05, 0) is 22.3 Å².